The first-order valence-corrected chi connectivity index (χ1v) is 5.34. The van der Waals surface area contributed by atoms with Crippen molar-refractivity contribution in [2.75, 3.05) is 24.5 Å². The number of hydrogen-bond acceptors (Lipinski definition) is 4. The number of nitrogens with one attached hydrogen (secondary N) is 1. The van der Waals surface area contributed by atoms with Gasteiger partial charge in [0.1, 0.15) is 0 Å². The Bertz CT molecular complexity index is 382. The van der Waals surface area contributed by atoms with Crippen molar-refractivity contribution in [2.45, 2.75) is 19.1 Å². The monoisotopic (exact) mass is 282 g/mol. The van der Waals surface area contributed by atoms with Crippen molar-refractivity contribution in [2.24, 2.45) is 0 Å². The fourth-order valence-corrected chi connectivity index (χ4v) is 1.74. The van der Waals surface area contributed by atoms with E-state index in [1.54, 1.807) is 0 Å². The summed E-state index contributed by atoms with van der Waals surface area (Å²) in [6, 6.07) is 0.287. The normalized spacial score (nSPS) is 20.4. The molecule has 2 rings (SSSR count). The summed E-state index contributed by atoms with van der Waals surface area (Å²) >= 11 is 0. The third-order valence-corrected chi connectivity index (χ3v) is 2.62. The predicted molar refractivity (Wildman–Crippen MR) is 64.0 cm³/mol. The SMILES string of the molecule is C[C@@H]1CN(c2ncc(C(F)(F)F)cn2)CCN1.Cl. The lowest BCUT2D eigenvalue weighted by atomic mass is 10.2. The number of aromatic nitrogens is 2. The van der Waals surface area contributed by atoms with Crippen LogP contribution in [0.15, 0.2) is 12.4 Å². The minimum atomic E-state index is -4.38. The molecule has 102 valence electrons. The molecule has 1 fully saturated rings. The molecule has 18 heavy (non-hydrogen) atoms. The quantitative estimate of drug-likeness (QED) is 0.851. The molecular weight excluding hydrogens is 269 g/mol. The van der Waals surface area contributed by atoms with Crippen molar-refractivity contribution in [3.05, 3.63) is 18.0 Å². The molecule has 1 N–H and O–H groups in total. The molecule has 1 aromatic heterocycles. The Morgan fingerprint density at radius 2 is 1.94 bits per heavy atom. The van der Waals surface area contributed by atoms with Crippen LogP contribution in [0.5, 0.6) is 0 Å². The number of piperazine rings is 1. The van der Waals surface area contributed by atoms with E-state index in [-0.39, 0.29) is 18.4 Å². The van der Waals surface area contributed by atoms with Gasteiger partial charge in [0.2, 0.25) is 5.95 Å². The molecule has 1 saturated heterocycles. The van der Waals surface area contributed by atoms with Gasteiger partial charge in [-0.2, -0.15) is 13.2 Å². The van der Waals surface area contributed by atoms with E-state index in [0.717, 1.165) is 18.9 Å². The predicted octanol–water partition coefficient (Wildman–Crippen LogP) is 1.72. The van der Waals surface area contributed by atoms with E-state index in [0.29, 0.717) is 19.0 Å². The molecule has 1 aromatic rings. The van der Waals surface area contributed by atoms with E-state index < -0.39 is 11.7 Å². The summed E-state index contributed by atoms with van der Waals surface area (Å²) in [4.78, 5) is 9.42. The second-order valence-electron chi connectivity index (χ2n) is 4.07. The highest BCUT2D eigenvalue weighted by molar-refractivity contribution is 5.85. The zero-order valence-electron chi connectivity index (χ0n) is 9.74. The molecule has 0 aliphatic carbocycles. The summed E-state index contributed by atoms with van der Waals surface area (Å²) in [7, 11) is 0. The molecule has 0 spiro atoms. The average Bonchev–Trinajstić information content (AvgIpc) is 2.28. The molecule has 1 atom stereocenters. The van der Waals surface area contributed by atoms with E-state index >= 15 is 0 Å². The Labute approximate surface area is 109 Å². The van der Waals surface area contributed by atoms with E-state index in [1.807, 2.05) is 11.8 Å². The first-order valence-electron chi connectivity index (χ1n) is 5.34. The molecule has 1 aliphatic heterocycles. The average molecular weight is 283 g/mol. The molecule has 0 bridgehead atoms. The second kappa shape index (κ2) is 5.71. The van der Waals surface area contributed by atoms with Gasteiger partial charge in [0.15, 0.2) is 0 Å². The first-order chi connectivity index (χ1) is 7.97. The molecule has 0 saturated carbocycles. The van der Waals surface area contributed by atoms with Gasteiger partial charge >= 0.3 is 6.18 Å². The van der Waals surface area contributed by atoms with Gasteiger partial charge in [-0.05, 0) is 6.92 Å². The number of hydrogen-bond donors (Lipinski definition) is 1. The highest BCUT2D eigenvalue weighted by atomic mass is 35.5. The maximum Gasteiger partial charge on any atom is 0.419 e. The van der Waals surface area contributed by atoms with Crippen LogP contribution in [-0.2, 0) is 6.18 Å². The maximum atomic E-state index is 12.3. The van der Waals surface area contributed by atoms with Gasteiger partial charge < -0.3 is 10.2 Å². The van der Waals surface area contributed by atoms with Crippen molar-refractivity contribution < 1.29 is 13.2 Å². The van der Waals surface area contributed by atoms with Gasteiger partial charge in [-0.1, -0.05) is 0 Å². The van der Waals surface area contributed by atoms with Crippen LogP contribution in [0.2, 0.25) is 0 Å². The minimum Gasteiger partial charge on any atom is -0.338 e. The van der Waals surface area contributed by atoms with Crippen molar-refractivity contribution in [1.82, 2.24) is 15.3 Å². The fraction of sp³-hybridized carbons (Fsp3) is 0.600. The van der Waals surface area contributed by atoms with Crippen LogP contribution in [0.4, 0.5) is 19.1 Å². The highest BCUT2D eigenvalue weighted by Gasteiger charge is 2.31. The summed E-state index contributed by atoms with van der Waals surface area (Å²) in [6.07, 6.45) is -2.72. The molecule has 0 aromatic carbocycles. The van der Waals surface area contributed by atoms with Crippen molar-refractivity contribution in [3.63, 3.8) is 0 Å². The molecule has 2 heterocycles. The van der Waals surface area contributed by atoms with Crippen LogP contribution in [0, 0.1) is 0 Å². The maximum absolute atomic E-state index is 12.3. The molecule has 8 heteroatoms. The molecular formula is C10H14ClF3N4. The van der Waals surface area contributed by atoms with Gasteiger partial charge in [0, 0.05) is 38.1 Å². The summed E-state index contributed by atoms with van der Waals surface area (Å²) in [5, 5.41) is 3.24. The van der Waals surface area contributed by atoms with E-state index in [2.05, 4.69) is 15.3 Å². The molecule has 4 nitrogen and oxygen atoms in total. The Morgan fingerprint density at radius 1 is 1.33 bits per heavy atom. The van der Waals surface area contributed by atoms with E-state index in [9.17, 15) is 13.2 Å². The van der Waals surface area contributed by atoms with Crippen LogP contribution >= 0.6 is 12.4 Å². The molecule has 1 aliphatic rings. The van der Waals surface area contributed by atoms with Crippen molar-refractivity contribution in [3.8, 4) is 0 Å². The Hall–Kier alpha value is -1.08. The number of halogens is 4. The zero-order valence-corrected chi connectivity index (χ0v) is 10.6. The molecule has 0 amide bonds. The number of rotatable bonds is 1. The Kier molecular flexibility index (Phi) is 4.75. The second-order valence-corrected chi connectivity index (χ2v) is 4.07. The summed E-state index contributed by atoms with van der Waals surface area (Å²) in [6.45, 7) is 4.20. The third-order valence-electron chi connectivity index (χ3n) is 2.62. The standard InChI is InChI=1S/C10H13F3N4.ClH/c1-7-6-17(3-2-14-7)9-15-4-8(5-16-9)10(11,12)13;/h4-5,7,14H,2-3,6H2,1H3;1H/t7-;/m1./s1. The minimum absolute atomic E-state index is 0. The van der Waals surface area contributed by atoms with Gasteiger partial charge in [0.25, 0.3) is 0 Å². The van der Waals surface area contributed by atoms with Crippen molar-refractivity contribution in [1.29, 1.82) is 0 Å². The van der Waals surface area contributed by atoms with E-state index in [1.165, 1.54) is 0 Å². The Morgan fingerprint density at radius 3 is 2.44 bits per heavy atom. The lowest BCUT2D eigenvalue weighted by molar-refractivity contribution is -0.138. The lowest BCUT2D eigenvalue weighted by Crippen LogP contribution is -2.49. The highest BCUT2D eigenvalue weighted by Crippen LogP contribution is 2.28. The largest absolute Gasteiger partial charge is 0.419 e. The number of nitrogens with zero attached hydrogens (tertiary/aromatic N) is 3. The van der Waals surface area contributed by atoms with Crippen LogP contribution in [-0.4, -0.2) is 35.6 Å². The van der Waals surface area contributed by atoms with Crippen LogP contribution in [0.25, 0.3) is 0 Å². The van der Waals surface area contributed by atoms with Gasteiger partial charge in [0.05, 0.1) is 5.56 Å². The smallest absolute Gasteiger partial charge is 0.338 e. The van der Waals surface area contributed by atoms with E-state index in [4.69, 9.17) is 0 Å². The summed E-state index contributed by atoms with van der Waals surface area (Å²) in [5.41, 5.74) is -0.815. The van der Waals surface area contributed by atoms with Crippen molar-refractivity contribution >= 4 is 18.4 Å². The Balaban J connectivity index is 0.00000162. The number of anilines is 1. The number of alkyl halides is 3. The summed E-state index contributed by atoms with van der Waals surface area (Å²) < 4.78 is 37.0. The van der Waals surface area contributed by atoms with Crippen LogP contribution in [0.1, 0.15) is 12.5 Å². The molecule has 0 radical (unpaired) electrons. The fourth-order valence-electron chi connectivity index (χ4n) is 1.74. The summed E-state index contributed by atoms with van der Waals surface area (Å²) in [5.74, 6) is 0.353. The van der Waals surface area contributed by atoms with Crippen LogP contribution < -0.4 is 10.2 Å². The zero-order chi connectivity index (χ0) is 12.5. The van der Waals surface area contributed by atoms with Gasteiger partial charge in [-0.15, -0.1) is 12.4 Å². The van der Waals surface area contributed by atoms with Gasteiger partial charge in [-0.25, -0.2) is 9.97 Å². The van der Waals surface area contributed by atoms with Gasteiger partial charge in [-0.3, -0.25) is 0 Å². The van der Waals surface area contributed by atoms with Crippen LogP contribution in [0.3, 0.4) is 0 Å². The first kappa shape index (κ1) is 15.0. The lowest BCUT2D eigenvalue weighted by Gasteiger charge is -2.31. The third kappa shape index (κ3) is 3.46. The topological polar surface area (TPSA) is 41.1 Å². The molecule has 0 unspecified atom stereocenters.